The van der Waals surface area contributed by atoms with Crippen LogP contribution in [-0.2, 0) is 14.3 Å². The van der Waals surface area contributed by atoms with Gasteiger partial charge in [0.2, 0.25) is 5.91 Å². The Labute approximate surface area is 210 Å². The lowest BCUT2D eigenvalue weighted by Gasteiger charge is -2.31. The lowest BCUT2D eigenvalue weighted by molar-refractivity contribution is -0.150. The zero-order valence-corrected chi connectivity index (χ0v) is 21.1. The predicted molar refractivity (Wildman–Crippen MR) is 136 cm³/mol. The molecule has 2 aromatic carbocycles. The number of benzene rings is 2. The first kappa shape index (κ1) is 25.1. The van der Waals surface area contributed by atoms with Crippen LogP contribution in [0.3, 0.4) is 0 Å². The number of carbonyl (C=O) groups is 3. The van der Waals surface area contributed by atoms with E-state index in [4.69, 9.17) is 4.74 Å². The molecule has 7 nitrogen and oxygen atoms in total. The second-order valence-corrected chi connectivity index (χ2v) is 10.7. The van der Waals surface area contributed by atoms with Gasteiger partial charge in [-0.15, -0.1) is 11.8 Å². The van der Waals surface area contributed by atoms with Gasteiger partial charge in [0.1, 0.15) is 18.7 Å². The molecule has 4 rings (SSSR count). The number of carboxylic acid groups (broad SMARTS) is 1. The van der Waals surface area contributed by atoms with Crippen molar-refractivity contribution in [2.24, 2.45) is 5.92 Å². The molecule has 0 radical (unpaired) electrons. The number of aliphatic carboxylic acids is 1. The Kier molecular flexibility index (Phi) is 7.69. The number of nitrogens with zero attached hydrogens (tertiary/aromatic N) is 1. The summed E-state index contributed by atoms with van der Waals surface area (Å²) in [5.74, 6) is -0.999. The third-order valence-corrected chi connectivity index (χ3v) is 8.08. The van der Waals surface area contributed by atoms with Crippen molar-refractivity contribution >= 4 is 29.7 Å². The van der Waals surface area contributed by atoms with Gasteiger partial charge >= 0.3 is 12.1 Å². The first-order chi connectivity index (χ1) is 16.8. The molecule has 0 saturated carbocycles. The molecular weight excluding hydrogens is 464 g/mol. The molecule has 2 unspecified atom stereocenters. The zero-order valence-electron chi connectivity index (χ0n) is 20.3. The van der Waals surface area contributed by atoms with E-state index < -0.39 is 24.1 Å². The van der Waals surface area contributed by atoms with E-state index in [-0.39, 0.29) is 29.7 Å². The summed E-state index contributed by atoms with van der Waals surface area (Å²) in [5.41, 5.74) is 4.50. The van der Waals surface area contributed by atoms with Crippen molar-refractivity contribution in [3.63, 3.8) is 0 Å². The minimum Gasteiger partial charge on any atom is -0.480 e. The lowest BCUT2D eigenvalue weighted by atomic mass is 9.98. The first-order valence-electron chi connectivity index (χ1n) is 12.1. The lowest BCUT2D eigenvalue weighted by Crippen LogP contribution is -2.54. The summed E-state index contributed by atoms with van der Waals surface area (Å²) in [6.45, 7) is 6.00. The molecule has 2 N–H and O–H groups in total. The summed E-state index contributed by atoms with van der Waals surface area (Å²) in [6, 6.07) is 14.5. The number of hydrogen-bond acceptors (Lipinski definition) is 5. The van der Waals surface area contributed by atoms with E-state index >= 15 is 0 Å². The summed E-state index contributed by atoms with van der Waals surface area (Å²) in [7, 11) is 0. The van der Waals surface area contributed by atoms with Crippen LogP contribution < -0.4 is 5.32 Å². The Balaban J connectivity index is 1.47. The number of ether oxygens (including phenoxy) is 1. The second kappa shape index (κ2) is 10.7. The van der Waals surface area contributed by atoms with Crippen LogP contribution in [0.15, 0.2) is 48.5 Å². The summed E-state index contributed by atoms with van der Waals surface area (Å²) in [4.78, 5) is 39.6. The summed E-state index contributed by atoms with van der Waals surface area (Å²) in [5, 5.41) is 12.2. The third-order valence-electron chi connectivity index (χ3n) is 6.62. The fraction of sp³-hybridized carbons (Fsp3) is 0.444. The summed E-state index contributed by atoms with van der Waals surface area (Å²) < 4.78 is 5.65. The van der Waals surface area contributed by atoms with Crippen molar-refractivity contribution in [1.82, 2.24) is 10.2 Å². The molecule has 8 heteroatoms. The Hall–Kier alpha value is -3.00. The highest BCUT2D eigenvalue weighted by atomic mass is 32.2. The molecule has 1 aliphatic heterocycles. The maximum Gasteiger partial charge on any atom is 0.407 e. The van der Waals surface area contributed by atoms with E-state index in [0.717, 1.165) is 22.3 Å². The molecular formula is C27H32N2O5S. The fourth-order valence-corrected chi connectivity index (χ4v) is 6.37. The number of amides is 2. The average molecular weight is 497 g/mol. The van der Waals surface area contributed by atoms with Gasteiger partial charge in [-0.25, -0.2) is 9.59 Å². The highest BCUT2D eigenvalue weighted by molar-refractivity contribution is 8.00. The van der Waals surface area contributed by atoms with E-state index in [2.05, 4.69) is 17.4 Å². The highest BCUT2D eigenvalue weighted by Gasteiger charge is 2.43. The fourth-order valence-electron chi connectivity index (χ4n) is 5.02. The van der Waals surface area contributed by atoms with Gasteiger partial charge in [-0.2, -0.15) is 0 Å². The van der Waals surface area contributed by atoms with Gasteiger partial charge in [0, 0.05) is 11.7 Å². The smallest absolute Gasteiger partial charge is 0.407 e. The van der Waals surface area contributed by atoms with Crippen molar-refractivity contribution in [2.75, 3.05) is 12.4 Å². The zero-order chi connectivity index (χ0) is 25.1. The number of carboxylic acids is 1. The standard InChI is InChI=1S/C27H32N2O5S/c1-4-24-29(23(15-35-24)26(31)32)25(30)22(13-16(2)3)28-27(33)34-14-21-19-11-7-5-9-17(19)18-10-6-8-12-20(18)21/h5-12,16,21-24H,4,13-15H2,1-3H3,(H,28,33)(H,31,32)/t22-,23?,24?/m0/s1. The molecule has 1 aliphatic carbocycles. The van der Waals surface area contributed by atoms with Crippen LogP contribution in [0.2, 0.25) is 0 Å². The van der Waals surface area contributed by atoms with Crippen LogP contribution in [0.4, 0.5) is 4.79 Å². The highest BCUT2D eigenvalue weighted by Crippen LogP contribution is 2.44. The molecule has 2 aliphatic rings. The van der Waals surface area contributed by atoms with Gasteiger partial charge < -0.3 is 20.1 Å². The van der Waals surface area contributed by atoms with Crippen molar-refractivity contribution < 1.29 is 24.2 Å². The van der Waals surface area contributed by atoms with Gasteiger partial charge in [-0.1, -0.05) is 69.3 Å². The van der Waals surface area contributed by atoms with E-state index in [1.807, 2.05) is 57.2 Å². The molecule has 0 bridgehead atoms. The molecule has 1 fully saturated rings. The van der Waals surface area contributed by atoms with Crippen LogP contribution in [0.25, 0.3) is 11.1 Å². The number of thioether (sulfide) groups is 1. The topological polar surface area (TPSA) is 95.9 Å². The number of fused-ring (bicyclic) bond motifs is 3. The number of alkyl carbamates (subject to hydrolysis) is 1. The Morgan fingerprint density at radius 1 is 1.09 bits per heavy atom. The van der Waals surface area contributed by atoms with Crippen molar-refractivity contribution in [2.45, 2.75) is 57.0 Å². The SMILES string of the molecule is CCC1SCC(C(=O)O)N1C(=O)[C@H](CC(C)C)NC(=O)OCC1c2ccccc2-c2ccccc21. The van der Waals surface area contributed by atoms with Gasteiger partial charge in [-0.3, -0.25) is 4.79 Å². The molecule has 0 spiro atoms. The Morgan fingerprint density at radius 3 is 2.23 bits per heavy atom. The summed E-state index contributed by atoms with van der Waals surface area (Å²) >= 11 is 1.46. The van der Waals surface area contributed by atoms with Crippen molar-refractivity contribution in [3.05, 3.63) is 59.7 Å². The van der Waals surface area contributed by atoms with E-state index in [9.17, 15) is 19.5 Å². The second-order valence-electron chi connectivity index (χ2n) is 9.45. The third kappa shape index (κ3) is 5.17. The minimum atomic E-state index is -1.02. The van der Waals surface area contributed by atoms with Gasteiger partial charge in [0.25, 0.3) is 0 Å². The number of hydrogen-bond donors (Lipinski definition) is 2. The first-order valence-corrected chi connectivity index (χ1v) is 13.1. The van der Waals surface area contributed by atoms with Gasteiger partial charge in [0.05, 0.1) is 5.37 Å². The van der Waals surface area contributed by atoms with Gasteiger partial charge in [0.15, 0.2) is 0 Å². The van der Waals surface area contributed by atoms with Crippen LogP contribution in [0, 0.1) is 5.92 Å². The van der Waals surface area contributed by atoms with E-state index in [1.165, 1.54) is 16.7 Å². The van der Waals surface area contributed by atoms with Crippen molar-refractivity contribution in [1.29, 1.82) is 0 Å². The molecule has 3 atom stereocenters. The largest absolute Gasteiger partial charge is 0.480 e. The molecule has 1 saturated heterocycles. The van der Waals surface area contributed by atoms with Crippen LogP contribution in [-0.4, -0.2) is 57.8 Å². The molecule has 35 heavy (non-hydrogen) atoms. The summed E-state index contributed by atoms with van der Waals surface area (Å²) in [6.07, 6.45) is 0.365. The average Bonchev–Trinajstić information content (AvgIpc) is 3.41. The molecule has 0 aromatic heterocycles. The predicted octanol–water partition coefficient (Wildman–Crippen LogP) is 4.70. The quantitative estimate of drug-likeness (QED) is 0.550. The molecule has 1 heterocycles. The maximum atomic E-state index is 13.5. The van der Waals surface area contributed by atoms with E-state index in [0.29, 0.717) is 18.6 Å². The molecule has 2 amide bonds. The van der Waals surface area contributed by atoms with Crippen molar-refractivity contribution in [3.8, 4) is 11.1 Å². The van der Waals surface area contributed by atoms with Crippen LogP contribution in [0.5, 0.6) is 0 Å². The normalized spacial score (nSPS) is 19.8. The van der Waals surface area contributed by atoms with Crippen LogP contribution in [0.1, 0.15) is 50.7 Å². The van der Waals surface area contributed by atoms with Gasteiger partial charge in [-0.05, 0) is 41.0 Å². The number of rotatable bonds is 8. The molecule has 2 aromatic rings. The molecule has 186 valence electrons. The monoisotopic (exact) mass is 496 g/mol. The number of carbonyl (C=O) groups excluding carboxylic acids is 2. The van der Waals surface area contributed by atoms with Crippen LogP contribution >= 0.6 is 11.8 Å². The Morgan fingerprint density at radius 2 is 1.69 bits per heavy atom. The van der Waals surface area contributed by atoms with E-state index in [1.54, 1.807) is 0 Å². The minimum absolute atomic E-state index is 0.0803. The Bertz CT molecular complexity index is 1060. The number of nitrogens with one attached hydrogen (secondary N) is 1. The maximum absolute atomic E-state index is 13.5.